The fraction of sp³-hybridized carbons (Fsp3) is 0.364. The van der Waals surface area contributed by atoms with Crippen molar-refractivity contribution in [3.8, 4) is 5.75 Å². The number of carbonyl (C=O) groups is 2. The molecule has 1 heterocycles. The molecule has 1 saturated heterocycles. The second kappa shape index (κ2) is 10.7. The maximum absolute atomic E-state index is 12.6. The Labute approximate surface area is 192 Å². The quantitative estimate of drug-likeness (QED) is 0.683. The van der Waals surface area contributed by atoms with Gasteiger partial charge in [-0.1, -0.05) is 23.2 Å². The number of nitrogens with zero attached hydrogens (tertiary/aromatic N) is 2. The van der Waals surface area contributed by atoms with E-state index in [9.17, 15) is 9.59 Å². The Kier molecular flexibility index (Phi) is 8.01. The molecule has 1 aliphatic rings. The van der Waals surface area contributed by atoms with Crippen molar-refractivity contribution >= 4 is 46.5 Å². The molecule has 3 amide bonds. The summed E-state index contributed by atoms with van der Waals surface area (Å²) < 4.78 is 5.32. The lowest BCUT2D eigenvalue weighted by molar-refractivity contribution is -0.117. The lowest BCUT2D eigenvalue weighted by Gasteiger charge is -2.22. The summed E-state index contributed by atoms with van der Waals surface area (Å²) >= 11 is 12.0. The molecule has 0 bridgehead atoms. The minimum absolute atomic E-state index is 0.140. The number of carbonyl (C=O) groups excluding carboxylic acids is 2. The standard InChI is InChI=1S/C22H26Cl2N4O3/c1-15-12-19(20(31-2)13-18(15)24)26-21(29)14-27-8-3-9-28(11-10-27)22(30)25-17-6-4-16(23)5-7-17/h4-7,12-13H,3,8-11,14H2,1-2H3,(H,25,30)(H,26,29). The molecule has 31 heavy (non-hydrogen) atoms. The second-order valence-corrected chi connectivity index (χ2v) is 8.25. The van der Waals surface area contributed by atoms with Gasteiger partial charge < -0.3 is 20.3 Å². The van der Waals surface area contributed by atoms with E-state index in [1.54, 1.807) is 41.3 Å². The first kappa shape index (κ1) is 23.2. The van der Waals surface area contributed by atoms with Gasteiger partial charge in [0.2, 0.25) is 5.91 Å². The van der Waals surface area contributed by atoms with Crippen molar-refractivity contribution < 1.29 is 14.3 Å². The van der Waals surface area contributed by atoms with E-state index >= 15 is 0 Å². The van der Waals surface area contributed by atoms with Gasteiger partial charge in [-0.15, -0.1) is 0 Å². The number of methoxy groups -OCH3 is 1. The molecule has 3 rings (SSSR count). The number of hydrogen-bond acceptors (Lipinski definition) is 4. The molecular weight excluding hydrogens is 439 g/mol. The van der Waals surface area contributed by atoms with Crippen LogP contribution in [0.2, 0.25) is 10.0 Å². The van der Waals surface area contributed by atoms with Gasteiger partial charge in [-0.25, -0.2) is 4.79 Å². The highest BCUT2D eigenvalue weighted by Gasteiger charge is 2.21. The van der Waals surface area contributed by atoms with Crippen LogP contribution in [-0.2, 0) is 4.79 Å². The maximum Gasteiger partial charge on any atom is 0.321 e. The number of anilines is 2. The third kappa shape index (κ3) is 6.50. The predicted molar refractivity (Wildman–Crippen MR) is 124 cm³/mol. The third-order valence-corrected chi connectivity index (χ3v) is 5.75. The first-order valence-corrected chi connectivity index (χ1v) is 10.8. The number of aryl methyl sites for hydroxylation is 1. The molecule has 0 aliphatic carbocycles. The minimum atomic E-state index is -0.157. The average Bonchev–Trinajstić information content (AvgIpc) is 2.97. The van der Waals surface area contributed by atoms with Crippen LogP contribution in [0.25, 0.3) is 0 Å². The molecule has 0 radical (unpaired) electrons. The average molecular weight is 465 g/mol. The van der Waals surface area contributed by atoms with Crippen LogP contribution in [0.5, 0.6) is 5.75 Å². The Bertz CT molecular complexity index is 937. The Morgan fingerprint density at radius 2 is 1.77 bits per heavy atom. The second-order valence-electron chi connectivity index (χ2n) is 7.40. The minimum Gasteiger partial charge on any atom is -0.495 e. The van der Waals surface area contributed by atoms with Crippen molar-refractivity contribution in [2.45, 2.75) is 13.3 Å². The Morgan fingerprint density at radius 1 is 1.03 bits per heavy atom. The third-order valence-electron chi connectivity index (χ3n) is 5.09. The first-order valence-electron chi connectivity index (χ1n) is 10.0. The summed E-state index contributed by atoms with van der Waals surface area (Å²) in [4.78, 5) is 29.0. The molecular formula is C22H26Cl2N4O3. The molecule has 0 unspecified atom stereocenters. The van der Waals surface area contributed by atoms with Gasteiger partial charge in [0.25, 0.3) is 0 Å². The van der Waals surface area contributed by atoms with Crippen LogP contribution < -0.4 is 15.4 Å². The van der Waals surface area contributed by atoms with Crippen LogP contribution in [0.1, 0.15) is 12.0 Å². The monoisotopic (exact) mass is 464 g/mol. The lowest BCUT2D eigenvalue weighted by atomic mass is 10.2. The zero-order chi connectivity index (χ0) is 22.4. The first-order chi connectivity index (χ1) is 14.9. The number of rotatable bonds is 5. The van der Waals surface area contributed by atoms with Crippen molar-refractivity contribution in [2.75, 3.05) is 50.5 Å². The van der Waals surface area contributed by atoms with Gasteiger partial charge in [-0.3, -0.25) is 9.69 Å². The molecule has 2 aromatic rings. The topological polar surface area (TPSA) is 73.9 Å². The Morgan fingerprint density at radius 3 is 2.48 bits per heavy atom. The fourth-order valence-electron chi connectivity index (χ4n) is 3.39. The molecule has 1 fully saturated rings. The maximum atomic E-state index is 12.6. The molecule has 2 N–H and O–H groups in total. The van der Waals surface area contributed by atoms with Gasteiger partial charge in [-0.2, -0.15) is 0 Å². The Hall–Kier alpha value is -2.48. The molecule has 0 atom stereocenters. The van der Waals surface area contributed by atoms with Gasteiger partial charge in [0.1, 0.15) is 5.75 Å². The molecule has 1 aliphatic heterocycles. The van der Waals surface area contributed by atoms with E-state index in [2.05, 4.69) is 10.6 Å². The highest BCUT2D eigenvalue weighted by molar-refractivity contribution is 6.31. The SMILES string of the molecule is COc1cc(Cl)c(C)cc1NC(=O)CN1CCCN(C(=O)Nc2ccc(Cl)cc2)CC1. The largest absolute Gasteiger partial charge is 0.495 e. The van der Waals surface area contributed by atoms with E-state index < -0.39 is 0 Å². The van der Waals surface area contributed by atoms with Gasteiger partial charge in [0.05, 0.1) is 19.3 Å². The fourth-order valence-corrected chi connectivity index (χ4v) is 3.67. The summed E-state index contributed by atoms with van der Waals surface area (Å²) in [6.07, 6.45) is 0.782. The summed E-state index contributed by atoms with van der Waals surface area (Å²) in [5.41, 5.74) is 2.14. The zero-order valence-electron chi connectivity index (χ0n) is 17.6. The summed E-state index contributed by atoms with van der Waals surface area (Å²) in [5.74, 6) is 0.379. The summed E-state index contributed by atoms with van der Waals surface area (Å²) in [5, 5.41) is 6.99. The normalized spacial score (nSPS) is 14.6. The van der Waals surface area contributed by atoms with Gasteiger partial charge >= 0.3 is 6.03 Å². The molecule has 0 aromatic heterocycles. The highest BCUT2D eigenvalue weighted by atomic mass is 35.5. The number of halogens is 2. The van der Waals surface area contributed by atoms with Crippen molar-refractivity contribution in [3.63, 3.8) is 0 Å². The van der Waals surface area contributed by atoms with E-state index in [4.69, 9.17) is 27.9 Å². The summed E-state index contributed by atoms with van der Waals surface area (Å²) in [6, 6.07) is 10.3. The van der Waals surface area contributed by atoms with Crippen LogP contribution in [0.15, 0.2) is 36.4 Å². The van der Waals surface area contributed by atoms with Crippen LogP contribution in [-0.4, -0.2) is 61.6 Å². The van der Waals surface area contributed by atoms with Crippen molar-refractivity contribution in [1.29, 1.82) is 0 Å². The number of ether oxygens (including phenoxy) is 1. The molecule has 0 saturated carbocycles. The number of urea groups is 1. The number of benzene rings is 2. The van der Waals surface area contributed by atoms with Gasteiger partial charge in [0.15, 0.2) is 0 Å². The van der Waals surface area contributed by atoms with Crippen LogP contribution in [0.4, 0.5) is 16.2 Å². The number of amides is 3. The molecule has 7 nitrogen and oxygen atoms in total. The highest BCUT2D eigenvalue weighted by Crippen LogP contribution is 2.30. The van der Waals surface area contributed by atoms with Crippen LogP contribution in [0, 0.1) is 6.92 Å². The lowest BCUT2D eigenvalue weighted by Crippen LogP contribution is -2.39. The molecule has 166 valence electrons. The Balaban J connectivity index is 1.52. The van der Waals surface area contributed by atoms with E-state index in [0.717, 1.165) is 18.5 Å². The smallest absolute Gasteiger partial charge is 0.321 e. The molecule has 9 heteroatoms. The van der Waals surface area contributed by atoms with Crippen LogP contribution >= 0.6 is 23.2 Å². The van der Waals surface area contributed by atoms with Gasteiger partial charge in [0, 0.05) is 48.0 Å². The van der Waals surface area contributed by atoms with Crippen molar-refractivity contribution in [1.82, 2.24) is 9.80 Å². The van der Waals surface area contributed by atoms with Gasteiger partial charge in [-0.05, 0) is 49.2 Å². The van der Waals surface area contributed by atoms with Crippen LogP contribution in [0.3, 0.4) is 0 Å². The summed E-state index contributed by atoms with van der Waals surface area (Å²) in [6.45, 7) is 4.61. The molecule has 0 spiro atoms. The van der Waals surface area contributed by atoms with Crippen molar-refractivity contribution in [3.05, 3.63) is 52.0 Å². The number of hydrogen-bond donors (Lipinski definition) is 2. The number of nitrogens with one attached hydrogen (secondary N) is 2. The summed E-state index contributed by atoms with van der Waals surface area (Å²) in [7, 11) is 1.54. The van der Waals surface area contributed by atoms with E-state index in [1.807, 2.05) is 11.8 Å². The van der Waals surface area contributed by atoms with E-state index in [1.165, 1.54) is 7.11 Å². The predicted octanol–water partition coefficient (Wildman–Crippen LogP) is 4.49. The van der Waals surface area contributed by atoms with Crippen molar-refractivity contribution in [2.24, 2.45) is 0 Å². The van der Waals surface area contributed by atoms with E-state index in [-0.39, 0.29) is 18.5 Å². The van der Waals surface area contributed by atoms with E-state index in [0.29, 0.717) is 46.8 Å². The molecule has 2 aromatic carbocycles. The zero-order valence-corrected chi connectivity index (χ0v) is 19.1.